The normalized spacial score (nSPS) is 25.9. The van der Waals surface area contributed by atoms with E-state index in [1.54, 1.807) is 4.90 Å². The number of imide groups is 1. The molecule has 3 amide bonds. The number of fused-ring (bicyclic) bond motifs is 1. The number of hydrogen-bond donors (Lipinski definition) is 3. The Morgan fingerprint density at radius 2 is 1.90 bits per heavy atom. The van der Waals surface area contributed by atoms with Crippen molar-refractivity contribution in [3.8, 4) is 0 Å². The third-order valence-corrected chi connectivity index (χ3v) is 7.59. The van der Waals surface area contributed by atoms with Crippen molar-refractivity contribution in [2.24, 2.45) is 11.3 Å². The second kappa shape index (κ2) is 7.78. The molecule has 3 fully saturated rings. The van der Waals surface area contributed by atoms with Crippen LogP contribution >= 0.6 is 0 Å². The Morgan fingerprint density at radius 3 is 2.60 bits per heavy atom. The summed E-state index contributed by atoms with van der Waals surface area (Å²) in [6.07, 6.45) is 5.94. The maximum atomic E-state index is 12.9. The Kier molecular flexibility index (Phi) is 5.11. The predicted molar refractivity (Wildman–Crippen MR) is 111 cm³/mol. The second-order valence-electron chi connectivity index (χ2n) is 9.52. The van der Waals surface area contributed by atoms with Crippen LogP contribution < -0.4 is 16.0 Å². The first-order valence-electron chi connectivity index (χ1n) is 11.2. The standard InChI is InChI=1S/C23H30N4O3/c28-20-5-4-19(21(29)26-20)27-12-18-16(2-1-3-17(18)22(27)30)11-24-10-15-6-8-23(9-7-15)13-25-14-23/h1-3,15,19,24-25H,4-14H2,(H,26,28,29). The molecule has 1 aromatic rings. The van der Waals surface area contributed by atoms with Crippen LogP contribution in [0.25, 0.3) is 0 Å². The van der Waals surface area contributed by atoms with Crippen LogP contribution in [0.2, 0.25) is 0 Å². The molecule has 3 heterocycles. The summed E-state index contributed by atoms with van der Waals surface area (Å²) in [4.78, 5) is 38.3. The van der Waals surface area contributed by atoms with Crippen LogP contribution in [0.15, 0.2) is 18.2 Å². The maximum absolute atomic E-state index is 12.9. The predicted octanol–water partition coefficient (Wildman–Crippen LogP) is 1.32. The molecule has 4 aliphatic rings. The Bertz CT molecular complexity index is 869. The van der Waals surface area contributed by atoms with Gasteiger partial charge in [-0.15, -0.1) is 0 Å². The zero-order chi connectivity index (χ0) is 20.7. The summed E-state index contributed by atoms with van der Waals surface area (Å²) in [5.74, 6) is 0.0129. The third kappa shape index (κ3) is 3.54. The number of piperidine rings is 1. The summed E-state index contributed by atoms with van der Waals surface area (Å²) < 4.78 is 0. The molecule has 0 radical (unpaired) electrons. The molecule has 7 heteroatoms. The fourth-order valence-electron chi connectivity index (χ4n) is 5.55. The molecular formula is C23H30N4O3. The highest BCUT2D eigenvalue weighted by Crippen LogP contribution is 2.41. The van der Waals surface area contributed by atoms with E-state index in [9.17, 15) is 14.4 Å². The summed E-state index contributed by atoms with van der Waals surface area (Å²) in [5, 5.41) is 9.41. The van der Waals surface area contributed by atoms with Crippen LogP contribution in [0.5, 0.6) is 0 Å². The number of benzene rings is 1. The fourth-order valence-corrected chi connectivity index (χ4v) is 5.55. The van der Waals surface area contributed by atoms with E-state index in [0.29, 0.717) is 23.9 Å². The molecule has 1 spiro atoms. The number of rotatable bonds is 5. The molecule has 30 heavy (non-hydrogen) atoms. The summed E-state index contributed by atoms with van der Waals surface area (Å²) in [5.41, 5.74) is 3.43. The van der Waals surface area contributed by atoms with Gasteiger partial charge >= 0.3 is 0 Å². The molecule has 3 N–H and O–H groups in total. The van der Waals surface area contributed by atoms with E-state index in [1.807, 2.05) is 12.1 Å². The molecule has 1 aromatic carbocycles. The molecule has 1 atom stereocenters. The van der Waals surface area contributed by atoms with Crippen molar-refractivity contribution < 1.29 is 14.4 Å². The lowest BCUT2D eigenvalue weighted by Gasteiger charge is -2.47. The van der Waals surface area contributed by atoms with Gasteiger partial charge in [0, 0.05) is 38.2 Å². The average molecular weight is 411 g/mol. The number of nitrogens with zero attached hydrogens (tertiary/aromatic N) is 1. The lowest BCUT2D eigenvalue weighted by molar-refractivity contribution is -0.136. The minimum atomic E-state index is -0.557. The van der Waals surface area contributed by atoms with Gasteiger partial charge in [-0.3, -0.25) is 19.7 Å². The fraction of sp³-hybridized carbons (Fsp3) is 0.609. The largest absolute Gasteiger partial charge is 0.322 e. The first-order valence-corrected chi connectivity index (χ1v) is 11.2. The maximum Gasteiger partial charge on any atom is 0.255 e. The Labute approximate surface area is 177 Å². The monoisotopic (exact) mass is 410 g/mol. The molecule has 1 saturated carbocycles. The quantitative estimate of drug-likeness (QED) is 0.637. The molecule has 0 aromatic heterocycles. The van der Waals surface area contributed by atoms with Gasteiger partial charge in [-0.05, 0) is 67.2 Å². The van der Waals surface area contributed by atoms with Crippen molar-refractivity contribution in [1.29, 1.82) is 0 Å². The lowest BCUT2D eigenvalue weighted by atomic mass is 9.67. The van der Waals surface area contributed by atoms with Crippen LogP contribution in [0.1, 0.15) is 60.0 Å². The van der Waals surface area contributed by atoms with Gasteiger partial charge in [0.05, 0.1) is 0 Å². The first kappa shape index (κ1) is 19.7. The molecule has 0 bridgehead atoms. The van der Waals surface area contributed by atoms with Crippen LogP contribution in [-0.4, -0.2) is 48.3 Å². The summed E-state index contributed by atoms with van der Waals surface area (Å²) in [7, 11) is 0. The van der Waals surface area contributed by atoms with Gasteiger partial charge < -0.3 is 15.5 Å². The van der Waals surface area contributed by atoms with Crippen molar-refractivity contribution >= 4 is 17.7 Å². The van der Waals surface area contributed by atoms with E-state index >= 15 is 0 Å². The molecule has 2 saturated heterocycles. The smallest absolute Gasteiger partial charge is 0.255 e. The second-order valence-corrected chi connectivity index (χ2v) is 9.52. The van der Waals surface area contributed by atoms with E-state index in [2.05, 4.69) is 22.0 Å². The average Bonchev–Trinajstić information content (AvgIpc) is 3.05. The van der Waals surface area contributed by atoms with Gasteiger partial charge in [0.1, 0.15) is 6.04 Å². The highest BCUT2D eigenvalue weighted by molar-refractivity contribution is 6.05. The van der Waals surface area contributed by atoms with E-state index in [-0.39, 0.29) is 24.1 Å². The minimum Gasteiger partial charge on any atom is -0.322 e. The zero-order valence-electron chi connectivity index (χ0n) is 17.3. The lowest BCUT2D eigenvalue weighted by Crippen LogP contribution is -2.55. The van der Waals surface area contributed by atoms with Crippen LogP contribution in [0, 0.1) is 11.3 Å². The van der Waals surface area contributed by atoms with Gasteiger partial charge in [0.25, 0.3) is 5.91 Å². The van der Waals surface area contributed by atoms with Crippen LogP contribution in [-0.2, 0) is 22.7 Å². The summed E-state index contributed by atoms with van der Waals surface area (Å²) >= 11 is 0. The molecule has 1 unspecified atom stereocenters. The Morgan fingerprint density at radius 1 is 1.10 bits per heavy atom. The molecule has 7 nitrogen and oxygen atoms in total. The topological polar surface area (TPSA) is 90.5 Å². The van der Waals surface area contributed by atoms with Crippen molar-refractivity contribution in [2.75, 3.05) is 19.6 Å². The molecule has 5 rings (SSSR count). The number of carbonyl (C=O) groups excluding carboxylic acids is 3. The van der Waals surface area contributed by atoms with Crippen molar-refractivity contribution in [3.63, 3.8) is 0 Å². The molecule has 3 aliphatic heterocycles. The van der Waals surface area contributed by atoms with Gasteiger partial charge in [-0.1, -0.05) is 12.1 Å². The summed E-state index contributed by atoms with van der Waals surface area (Å²) in [6, 6.07) is 5.29. The highest BCUT2D eigenvalue weighted by Gasteiger charge is 2.41. The molecule has 1 aliphatic carbocycles. The van der Waals surface area contributed by atoms with Crippen molar-refractivity contribution in [3.05, 3.63) is 34.9 Å². The first-order chi connectivity index (χ1) is 14.5. The van der Waals surface area contributed by atoms with Gasteiger partial charge in [0.15, 0.2) is 0 Å². The summed E-state index contributed by atoms with van der Waals surface area (Å²) in [6.45, 7) is 4.58. The molecule has 160 valence electrons. The van der Waals surface area contributed by atoms with E-state index in [4.69, 9.17) is 0 Å². The number of carbonyl (C=O) groups is 3. The van der Waals surface area contributed by atoms with Gasteiger partial charge in [0.2, 0.25) is 11.8 Å². The minimum absolute atomic E-state index is 0.104. The van der Waals surface area contributed by atoms with E-state index in [0.717, 1.165) is 30.1 Å². The van der Waals surface area contributed by atoms with E-state index < -0.39 is 6.04 Å². The van der Waals surface area contributed by atoms with Crippen molar-refractivity contribution in [2.45, 2.75) is 57.7 Å². The Balaban J connectivity index is 1.19. The SMILES string of the molecule is O=C1CCC(N2Cc3c(CNCC4CCC5(CC4)CNC5)cccc3C2=O)C(=O)N1. The number of hydrogen-bond acceptors (Lipinski definition) is 5. The number of amides is 3. The third-order valence-electron chi connectivity index (χ3n) is 7.59. The van der Waals surface area contributed by atoms with Crippen molar-refractivity contribution in [1.82, 2.24) is 20.9 Å². The van der Waals surface area contributed by atoms with Gasteiger partial charge in [-0.25, -0.2) is 0 Å². The zero-order valence-corrected chi connectivity index (χ0v) is 17.3. The van der Waals surface area contributed by atoms with Gasteiger partial charge in [-0.2, -0.15) is 0 Å². The van der Waals surface area contributed by atoms with E-state index in [1.165, 1.54) is 38.8 Å². The van der Waals surface area contributed by atoms with Crippen LogP contribution in [0.4, 0.5) is 0 Å². The Hall–Kier alpha value is -2.25. The van der Waals surface area contributed by atoms with Crippen LogP contribution in [0.3, 0.4) is 0 Å². The molecular weight excluding hydrogens is 380 g/mol. The number of nitrogens with one attached hydrogen (secondary N) is 3. The highest BCUT2D eigenvalue weighted by atomic mass is 16.2.